The normalized spacial score (nSPS) is 21.0. The number of nitrogens with one attached hydrogen (secondary N) is 1. The van der Waals surface area contributed by atoms with E-state index in [1.807, 2.05) is 0 Å². The number of hydrogen-bond acceptors (Lipinski definition) is 4. The Morgan fingerprint density at radius 3 is 2.57 bits per heavy atom. The lowest BCUT2D eigenvalue weighted by Gasteiger charge is -2.37. The largest absolute Gasteiger partial charge is 0.481 e. The van der Waals surface area contributed by atoms with Crippen molar-refractivity contribution in [2.45, 2.75) is 57.6 Å². The molecule has 9 heteroatoms. The number of ether oxygens (including phenoxy) is 1. The van der Waals surface area contributed by atoms with E-state index in [0.717, 1.165) is 4.90 Å². The van der Waals surface area contributed by atoms with E-state index in [-0.39, 0.29) is 19.4 Å². The molecule has 1 aliphatic heterocycles. The van der Waals surface area contributed by atoms with Crippen molar-refractivity contribution >= 4 is 18.0 Å². The van der Waals surface area contributed by atoms with Gasteiger partial charge in [-0.1, -0.05) is 0 Å². The number of carbonyl (C=O) groups is 3. The Labute approximate surface area is 133 Å². The molecule has 0 bridgehead atoms. The maximum absolute atomic E-state index is 13.7. The van der Waals surface area contributed by atoms with Crippen molar-refractivity contribution in [1.82, 2.24) is 10.2 Å². The average Bonchev–Trinajstić information content (AvgIpc) is 2.31. The van der Waals surface area contributed by atoms with Crippen molar-refractivity contribution < 1.29 is 33.0 Å². The second-order valence-corrected chi connectivity index (χ2v) is 6.52. The van der Waals surface area contributed by atoms with Gasteiger partial charge < -0.3 is 20.1 Å². The molecule has 0 aromatic heterocycles. The van der Waals surface area contributed by atoms with Crippen LogP contribution >= 0.6 is 0 Å². The Morgan fingerprint density at radius 1 is 1.43 bits per heavy atom. The fraction of sp³-hybridized carbons (Fsp3) is 0.786. The number of carboxylic acid groups (broad SMARTS) is 1. The van der Waals surface area contributed by atoms with Crippen LogP contribution in [-0.2, 0) is 14.3 Å². The molecule has 0 aromatic rings. The lowest BCUT2D eigenvalue weighted by atomic mass is 10.0. The van der Waals surface area contributed by atoms with E-state index < -0.39 is 48.5 Å². The highest BCUT2D eigenvalue weighted by molar-refractivity contribution is 5.86. The van der Waals surface area contributed by atoms with Crippen molar-refractivity contribution in [3.05, 3.63) is 0 Å². The van der Waals surface area contributed by atoms with Crippen molar-refractivity contribution in [1.29, 1.82) is 0 Å². The summed E-state index contributed by atoms with van der Waals surface area (Å²) < 4.78 is 32.5. The van der Waals surface area contributed by atoms with Crippen LogP contribution in [0.4, 0.5) is 13.6 Å². The molecule has 1 atom stereocenters. The van der Waals surface area contributed by atoms with E-state index in [2.05, 4.69) is 5.32 Å². The number of carbonyl (C=O) groups excluding carboxylic acids is 2. The van der Waals surface area contributed by atoms with Crippen LogP contribution in [0.1, 0.15) is 40.0 Å². The number of alkyl carbamates (subject to hydrolysis) is 1. The molecule has 132 valence electrons. The Bertz CT molecular complexity index is 476. The SMILES string of the molecule is CC(C)(C)OC(=O)N[C@H]1CC(F)(F)CN(CCCC(=O)O)C1=O. The smallest absolute Gasteiger partial charge is 0.408 e. The van der Waals surface area contributed by atoms with Crippen LogP contribution in [0.3, 0.4) is 0 Å². The molecule has 0 spiro atoms. The Balaban J connectivity index is 2.69. The number of alkyl halides is 2. The number of nitrogens with zero attached hydrogens (tertiary/aromatic N) is 1. The monoisotopic (exact) mass is 336 g/mol. The number of hydrogen-bond donors (Lipinski definition) is 2. The quantitative estimate of drug-likeness (QED) is 0.795. The molecule has 1 heterocycles. The fourth-order valence-electron chi connectivity index (χ4n) is 2.20. The number of carboxylic acids is 1. The summed E-state index contributed by atoms with van der Waals surface area (Å²) in [6.07, 6.45) is -1.91. The van der Waals surface area contributed by atoms with Crippen LogP contribution in [-0.4, -0.2) is 58.6 Å². The second kappa shape index (κ2) is 7.10. The number of aliphatic carboxylic acids is 1. The van der Waals surface area contributed by atoms with Gasteiger partial charge >= 0.3 is 12.1 Å². The molecule has 1 aliphatic rings. The topological polar surface area (TPSA) is 95.9 Å². The standard InChI is InChI=1S/C14H22F2N2O5/c1-13(2,3)23-12(22)17-9-7-14(15,16)8-18(11(9)21)6-4-5-10(19)20/h9H,4-8H2,1-3H3,(H,17,22)(H,19,20)/t9-/m0/s1. The zero-order chi connectivity index (χ0) is 17.8. The first-order valence-electron chi connectivity index (χ1n) is 7.27. The van der Waals surface area contributed by atoms with Gasteiger partial charge in [-0.25, -0.2) is 13.6 Å². The predicted molar refractivity (Wildman–Crippen MR) is 76.2 cm³/mol. The zero-order valence-electron chi connectivity index (χ0n) is 13.4. The summed E-state index contributed by atoms with van der Waals surface area (Å²) in [5.74, 6) is -4.88. The summed E-state index contributed by atoms with van der Waals surface area (Å²) in [4.78, 5) is 35.2. The number of likely N-dealkylation sites (tertiary alicyclic amines) is 1. The molecule has 7 nitrogen and oxygen atoms in total. The first kappa shape index (κ1) is 19.1. The van der Waals surface area contributed by atoms with E-state index in [4.69, 9.17) is 9.84 Å². The van der Waals surface area contributed by atoms with Crippen molar-refractivity contribution in [3.8, 4) is 0 Å². The zero-order valence-corrected chi connectivity index (χ0v) is 13.4. The summed E-state index contributed by atoms with van der Waals surface area (Å²) in [6.45, 7) is 3.96. The van der Waals surface area contributed by atoms with E-state index in [9.17, 15) is 23.2 Å². The summed E-state index contributed by atoms with van der Waals surface area (Å²) in [6, 6.07) is -1.39. The molecular weight excluding hydrogens is 314 g/mol. The third-order valence-electron chi connectivity index (χ3n) is 3.04. The number of amides is 2. The number of piperidine rings is 1. The van der Waals surface area contributed by atoms with E-state index in [1.165, 1.54) is 0 Å². The molecule has 23 heavy (non-hydrogen) atoms. The van der Waals surface area contributed by atoms with Crippen LogP contribution in [0, 0.1) is 0 Å². The van der Waals surface area contributed by atoms with Gasteiger partial charge in [0.25, 0.3) is 5.92 Å². The summed E-state index contributed by atoms with van der Waals surface area (Å²) in [7, 11) is 0. The van der Waals surface area contributed by atoms with Gasteiger partial charge in [0.05, 0.1) is 6.54 Å². The lowest BCUT2D eigenvalue weighted by molar-refractivity contribution is -0.152. The highest BCUT2D eigenvalue weighted by atomic mass is 19.3. The minimum Gasteiger partial charge on any atom is -0.481 e. The first-order chi connectivity index (χ1) is 10.4. The summed E-state index contributed by atoms with van der Waals surface area (Å²) in [5.41, 5.74) is -0.814. The molecule has 0 unspecified atom stereocenters. The van der Waals surface area contributed by atoms with Gasteiger partial charge in [-0.05, 0) is 27.2 Å². The van der Waals surface area contributed by atoms with Gasteiger partial charge in [-0.2, -0.15) is 0 Å². The van der Waals surface area contributed by atoms with Gasteiger partial charge in [0.1, 0.15) is 11.6 Å². The van der Waals surface area contributed by atoms with Crippen molar-refractivity contribution in [2.24, 2.45) is 0 Å². The van der Waals surface area contributed by atoms with Crippen LogP contribution < -0.4 is 5.32 Å². The third kappa shape index (κ3) is 6.79. The minimum atomic E-state index is -3.16. The van der Waals surface area contributed by atoms with Gasteiger partial charge in [-0.3, -0.25) is 9.59 Å². The molecule has 0 radical (unpaired) electrons. The highest BCUT2D eigenvalue weighted by Crippen LogP contribution is 2.28. The maximum Gasteiger partial charge on any atom is 0.408 e. The van der Waals surface area contributed by atoms with Crippen molar-refractivity contribution in [2.75, 3.05) is 13.1 Å². The van der Waals surface area contributed by atoms with Crippen LogP contribution in [0.5, 0.6) is 0 Å². The maximum atomic E-state index is 13.7. The molecule has 0 aliphatic carbocycles. The van der Waals surface area contributed by atoms with E-state index >= 15 is 0 Å². The Morgan fingerprint density at radius 2 is 2.04 bits per heavy atom. The van der Waals surface area contributed by atoms with Gasteiger partial charge in [-0.15, -0.1) is 0 Å². The number of rotatable bonds is 5. The predicted octanol–water partition coefficient (Wildman–Crippen LogP) is 1.61. The molecule has 2 amide bonds. The van der Waals surface area contributed by atoms with E-state index in [0.29, 0.717) is 0 Å². The van der Waals surface area contributed by atoms with Crippen LogP contribution in [0.25, 0.3) is 0 Å². The van der Waals surface area contributed by atoms with Gasteiger partial charge in [0, 0.05) is 19.4 Å². The van der Waals surface area contributed by atoms with Crippen LogP contribution in [0.2, 0.25) is 0 Å². The van der Waals surface area contributed by atoms with Crippen LogP contribution in [0.15, 0.2) is 0 Å². The van der Waals surface area contributed by atoms with Gasteiger partial charge in [0.2, 0.25) is 5.91 Å². The Kier molecular flexibility index (Phi) is 5.90. The minimum absolute atomic E-state index is 0.0658. The summed E-state index contributed by atoms with van der Waals surface area (Å²) >= 11 is 0. The molecule has 1 rings (SSSR count). The fourth-order valence-corrected chi connectivity index (χ4v) is 2.20. The highest BCUT2D eigenvalue weighted by Gasteiger charge is 2.45. The molecule has 2 N–H and O–H groups in total. The lowest BCUT2D eigenvalue weighted by Crippen LogP contribution is -2.59. The molecular formula is C14H22F2N2O5. The molecule has 0 saturated carbocycles. The number of halogens is 2. The van der Waals surface area contributed by atoms with E-state index in [1.54, 1.807) is 20.8 Å². The second-order valence-electron chi connectivity index (χ2n) is 6.52. The third-order valence-corrected chi connectivity index (χ3v) is 3.04. The average molecular weight is 336 g/mol. The van der Waals surface area contributed by atoms with Gasteiger partial charge in [0.15, 0.2) is 0 Å². The molecule has 0 aromatic carbocycles. The van der Waals surface area contributed by atoms with Crippen molar-refractivity contribution in [3.63, 3.8) is 0 Å². The molecule has 1 saturated heterocycles. The molecule has 1 fully saturated rings. The first-order valence-corrected chi connectivity index (χ1v) is 7.27. The Hall–Kier alpha value is -1.93. The summed E-state index contributed by atoms with van der Waals surface area (Å²) in [5, 5.41) is 10.7.